The van der Waals surface area contributed by atoms with Crippen LogP contribution in [0.15, 0.2) is 42.5 Å². The Morgan fingerprint density at radius 1 is 1.02 bits per heavy atom. The minimum absolute atomic E-state index is 0.0191. The number of amides is 3. The van der Waals surface area contributed by atoms with E-state index in [1.807, 2.05) is 28.0 Å². The number of alkyl halides is 2. The molecule has 2 saturated carbocycles. The van der Waals surface area contributed by atoms with E-state index in [2.05, 4.69) is 16.1 Å². The lowest BCUT2D eigenvalue weighted by Crippen LogP contribution is -2.51. The molecule has 218 valence electrons. The maximum atomic E-state index is 14.0. The maximum absolute atomic E-state index is 14.0. The third-order valence-corrected chi connectivity index (χ3v) is 9.48. The predicted octanol–water partition coefficient (Wildman–Crippen LogP) is 5.55. The Morgan fingerprint density at radius 2 is 1.73 bits per heavy atom. The quantitative estimate of drug-likeness (QED) is 0.462. The molecule has 2 aliphatic heterocycles. The third kappa shape index (κ3) is 5.53. The zero-order chi connectivity index (χ0) is 28.7. The third-order valence-electron chi connectivity index (χ3n) is 9.25. The normalized spacial score (nSPS) is 23.6. The molecule has 2 aromatic rings. The summed E-state index contributed by atoms with van der Waals surface area (Å²) in [5.74, 6) is 0.135. The Balaban J connectivity index is 1.08. The van der Waals surface area contributed by atoms with E-state index in [0.29, 0.717) is 32.5 Å². The van der Waals surface area contributed by atoms with Gasteiger partial charge in [-0.15, -0.1) is 0 Å². The van der Waals surface area contributed by atoms with Crippen LogP contribution in [0.2, 0.25) is 5.02 Å². The van der Waals surface area contributed by atoms with Gasteiger partial charge in [-0.3, -0.25) is 14.4 Å². The molecule has 0 radical (unpaired) electrons. The van der Waals surface area contributed by atoms with Gasteiger partial charge in [0, 0.05) is 42.3 Å². The van der Waals surface area contributed by atoms with E-state index in [4.69, 9.17) is 11.6 Å². The van der Waals surface area contributed by atoms with Crippen LogP contribution >= 0.6 is 11.6 Å². The number of likely N-dealkylation sites (tertiary alicyclic amines) is 1. The van der Waals surface area contributed by atoms with Crippen LogP contribution in [-0.2, 0) is 15.0 Å². The van der Waals surface area contributed by atoms with Crippen molar-refractivity contribution in [3.05, 3.63) is 58.6 Å². The summed E-state index contributed by atoms with van der Waals surface area (Å²) in [4.78, 5) is 43.5. The van der Waals surface area contributed by atoms with Crippen LogP contribution in [0, 0.1) is 11.8 Å². The van der Waals surface area contributed by atoms with E-state index in [1.54, 1.807) is 0 Å². The van der Waals surface area contributed by atoms with Crippen molar-refractivity contribution in [2.75, 3.05) is 24.5 Å². The second kappa shape index (κ2) is 11.2. The van der Waals surface area contributed by atoms with Gasteiger partial charge in [0.2, 0.25) is 11.8 Å². The highest BCUT2D eigenvalue weighted by Crippen LogP contribution is 2.49. The molecular weight excluding hydrogens is 552 g/mol. The lowest BCUT2D eigenvalue weighted by molar-refractivity contribution is -0.136. The Hall–Kier alpha value is -3.20. The largest absolute Gasteiger partial charge is 0.434 e. The van der Waals surface area contributed by atoms with Crippen LogP contribution in [0.4, 0.5) is 14.5 Å². The standard InChI is InChI=1S/C31H34ClF2N3O4/c32-21-9-12-26(41-30(33)34)23(17-21)27(38)35-22-10-5-19(6-11-22)18-37-25-4-2-1-3-24(25)31(29(37)40)13-15-36(16-14-31)28(39)20-7-8-20/h1-4,9,12,17,19-20,22,30H,5-8,10-11,13-16,18H2,(H,35,38). The number of ether oxygens (including phenoxy) is 1. The molecule has 1 saturated heterocycles. The first kappa shape index (κ1) is 27.9. The Kier molecular flexibility index (Phi) is 7.66. The number of fused-ring (bicyclic) bond motifs is 2. The number of benzene rings is 2. The number of carbonyl (C=O) groups excluding carboxylic acids is 3. The van der Waals surface area contributed by atoms with Crippen LogP contribution in [0.3, 0.4) is 0 Å². The molecule has 4 aliphatic rings. The number of halogens is 3. The molecule has 0 bridgehead atoms. The van der Waals surface area contributed by atoms with E-state index >= 15 is 0 Å². The lowest BCUT2D eigenvalue weighted by Gasteiger charge is -2.39. The number of nitrogens with zero attached hydrogens (tertiary/aromatic N) is 2. The molecule has 3 amide bonds. The Morgan fingerprint density at radius 3 is 2.41 bits per heavy atom. The second-order valence-electron chi connectivity index (χ2n) is 11.8. The van der Waals surface area contributed by atoms with E-state index in [1.165, 1.54) is 18.2 Å². The fourth-order valence-electron chi connectivity index (χ4n) is 6.85. The SMILES string of the molecule is O=C(NC1CCC(CN2C(=O)C3(CCN(C(=O)C4CC4)CC3)c3ccccc32)CC1)c1cc(Cl)ccc1OC(F)F. The topological polar surface area (TPSA) is 79.0 Å². The molecule has 10 heteroatoms. The molecule has 1 spiro atoms. The summed E-state index contributed by atoms with van der Waals surface area (Å²) in [5.41, 5.74) is 1.46. The molecule has 0 atom stereocenters. The Bertz CT molecular complexity index is 1330. The monoisotopic (exact) mass is 585 g/mol. The summed E-state index contributed by atoms with van der Waals surface area (Å²) in [6.07, 6.45) is 6.35. The Labute approximate surface area is 243 Å². The van der Waals surface area contributed by atoms with Gasteiger partial charge in [-0.2, -0.15) is 8.78 Å². The summed E-state index contributed by atoms with van der Waals surface area (Å²) in [6, 6.07) is 12.0. The first-order chi connectivity index (χ1) is 19.7. The van der Waals surface area contributed by atoms with Crippen molar-refractivity contribution in [2.45, 2.75) is 69.4 Å². The van der Waals surface area contributed by atoms with Gasteiger partial charge >= 0.3 is 6.61 Å². The number of anilines is 1. The number of nitrogens with one attached hydrogen (secondary N) is 1. The highest BCUT2D eigenvalue weighted by Gasteiger charge is 2.53. The van der Waals surface area contributed by atoms with Crippen molar-refractivity contribution >= 4 is 35.0 Å². The molecule has 1 N–H and O–H groups in total. The van der Waals surface area contributed by atoms with E-state index < -0.39 is 17.9 Å². The number of rotatable bonds is 7. The van der Waals surface area contributed by atoms with E-state index in [0.717, 1.165) is 49.8 Å². The van der Waals surface area contributed by atoms with Gasteiger partial charge in [0.15, 0.2) is 0 Å². The van der Waals surface area contributed by atoms with Crippen molar-refractivity contribution in [2.24, 2.45) is 11.8 Å². The minimum atomic E-state index is -3.05. The van der Waals surface area contributed by atoms with Gasteiger partial charge in [0.05, 0.1) is 11.0 Å². The second-order valence-corrected chi connectivity index (χ2v) is 12.3. The highest BCUT2D eigenvalue weighted by atomic mass is 35.5. The predicted molar refractivity (Wildman–Crippen MR) is 150 cm³/mol. The van der Waals surface area contributed by atoms with Crippen LogP contribution in [-0.4, -0.2) is 54.9 Å². The van der Waals surface area contributed by atoms with Crippen LogP contribution < -0.4 is 15.0 Å². The summed E-state index contributed by atoms with van der Waals surface area (Å²) in [7, 11) is 0. The molecule has 2 heterocycles. The van der Waals surface area contributed by atoms with E-state index in [-0.39, 0.29) is 46.0 Å². The van der Waals surface area contributed by atoms with Gasteiger partial charge in [-0.25, -0.2) is 0 Å². The van der Waals surface area contributed by atoms with Crippen molar-refractivity contribution in [3.8, 4) is 5.75 Å². The number of para-hydroxylation sites is 1. The first-order valence-corrected chi connectivity index (χ1v) is 14.9. The fraction of sp³-hybridized carbons (Fsp3) is 0.516. The van der Waals surface area contributed by atoms with Crippen LogP contribution in [0.5, 0.6) is 5.75 Å². The molecule has 0 unspecified atom stereocenters. The molecule has 2 aliphatic carbocycles. The van der Waals surface area contributed by atoms with Gasteiger partial charge < -0.3 is 19.9 Å². The van der Waals surface area contributed by atoms with Crippen molar-refractivity contribution in [3.63, 3.8) is 0 Å². The maximum Gasteiger partial charge on any atom is 0.387 e. The van der Waals surface area contributed by atoms with Gasteiger partial charge in [0.1, 0.15) is 5.75 Å². The summed E-state index contributed by atoms with van der Waals surface area (Å²) < 4.78 is 30.1. The number of hydrogen-bond acceptors (Lipinski definition) is 4. The molecule has 3 fully saturated rings. The van der Waals surface area contributed by atoms with Crippen molar-refractivity contribution in [1.29, 1.82) is 0 Å². The molecule has 0 aromatic heterocycles. The molecular formula is C31H34ClF2N3O4. The average Bonchev–Trinajstić information content (AvgIpc) is 3.80. The lowest BCUT2D eigenvalue weighted by atomic mass is 9.73. The minimum Gasteiger partial charge on any atom is -0.434 e. The fourth-order valence-corrected chi connectivity index (χ4v) is 7.02. The number of carbonyl (C=O) groups is 3. The number of piperidine rings is 1. The molecule has 41 heavy (non-hydrogen) atoms. The number of hydrogen-bond donors (Lipinski definition) is 1. The van der Waals surface area contributed by atoms with Crippen molar-refractivity contribution in [1.82, 2.24) is 10.2 Å². The van der Waals surface area contributed by atoms with E-state index in [9.17, 15) is 23.2 Å². The van der Waals surface area contributed by atoms with Crippen LogP contribution in [0.1, 0.15) is 67.3 Å². The van der Waals surface area contributed by atoms with Crippen molar-refractivity contribution < 1.29 is 27.9 Å². The highest BCUT2D eigenvalue weighted by molar-refractivity contribution is 6.31. The first-order valence-electron chi connectivity index (χ1n) is 14.5. The molecule has 2 aromatic carbocycles. The zero-order valence-electron chi connectivity index (χ0n) is 22.8. The summed E-state index contributed by atoms with van der Waals surface area (Å²) >= 11 is 6.01. The summed E-state index contributed by atoms with van der Waals surface area (Å²) in [5, 5.41) is 3.21. The molecule has 7 nitrogen and oxygen atoms in total. The van der Waals surface area contributed by atoms with Crippen LogP contribution in [0.25, 0.3) is 0 Å². The van der Waals surface area contributed by atoms with Gasteiger partial charge in [0.25, 0.3) is 5.91 Å². The average molecular weight is 586 g/mol. The summed E-state index contributed by atoms with van der Waals surface area (Å²) in [6.45, 7) is -1.20. The smallest absolute Gasteiger partial charge is 0.387 e. The van der Waals surface area contributed by atoms with Gasteiger partial charge in [-0.1, -0.05) is 29.8 Å². The molecule has 6 rings (SSSR count). The van der Waals surface area contributed by atoms with Gasteiger partial charge in [-0.05, 0) is 87.1 Å². The zero-order valence-corrected chi connectivity index (χ0v) is 23.5.